The van der Waals surface area contributed by atoms with Crippen LogP contribution in [0.1, 0.15) is 64.2 Å². The van der Waals surface area contributed by atoms with Crippen LogP contribution in [0.25, 0.3) is 11.0 Å². The molecule has 0 fully saturated rings. The van der Waals surface area contributed by atoms with E-state index < -0.39 is 5.60 Å². The molecule has 1 atom stereocenters. The van der Waals surface area contributed by atoms with E-state index in [2.05, 4.69) is 5.32 Å². The molecule has 162 valence electrons. The molecule has 0 spiro atoms. The van der Waals surface area contributed by atoms with Gasteiger partial charge in [-0.1, -0.05) is 0 Å². The molecule has 2 aromatic rings. The maximum absolute atomic E-state index is 12.3. The second kappa shape index (κ2) is 10.6. The molecule has 29 heavy (non-hydrogen) atoms. The number of aliphatic hydroxyl groups excluding tert-OH is 1. The van der Waals surface area contributed by atoms with E-state index in [1.165, 1.54) is 0 Å². The van der Waals surface area contributed by atoms with Gasteiger partial charge in [-0.15, -0.1) is 0 Å². The molecule has 1 aromatic heterocycles. The highest BCUT2D eigenvalue weighted by Gasteiger charge is 2.15. The van der Waals surface area contributed by atoms with Crippen LogP contribution < -0.4 is 10.1 Å². The van der Waals surface area contributed by atoms with Crippen LogP contribution in [0, 0.1) is 0 Å². The van der Waals surface area contributed by atoms with Gasteiger partial charge in [0.1, 0.15) is 5.76 Å². The van der Waals surface area contributed by atoms with E-state index in [-0.39, 0.29) is 18.6 Å². The summed E-state index contributed by atoms with van der Waals surface area (Å²) in [5.74, 6) is 1.51. The Hall–Kier alpha value is -2.05. The van der Waals surface area contributed by atoms with Gasteiger partial charge in [-0.05, 0) is 76.6 Å². The third-order valence-electron chi connectivity index (χ3n) is 4.97. The summed E-state index contributed by atoms with van der Waals surface area (Å²) < 4.78 is 11.3. The van der Waals surface area contributed by atoms with Crippen LogP contribution in [0.3, 0.4) is 0 Å². The van der Waals surface area contributed by atoms with Crippen molar-refractivity contribution in [2.75, 3.05) is 13.7 Å². The lowest BCUT2D eigenvalue weighted by Crippen LogP contribution is -2.33. The van der Waals surface area contributed by atoms with Gasteiger partial charge in [0.05, 0.1) is 12.7 Å². The highest BCUT2D eigenvalue weighted by Crippen LogP contribution is 2.31. The molecule has 0 saturated carbocycles. The van der Waals surface area contributed by atoms with Crippen LogP contribution in [0.2, 0.25) is 0 Å². The number of hydrogen-bond acceptors (Lipinski definition) is 5. The Morgan fingerprint density at radius 1 is 1.24 bits per heavy atom. The number of fused-ring (bicyclic) bond motifs is 1. The van der Waals surface area contributed by atoms with Gasteiger partial charge in [0, 0.05) is 30.9 Å². The van der Waals surface area contributed by atoms with Crippen molar-refractivity contribution in [3.05, 3.63) is 29.5 Å². The number of furan rings is 1. The zero-order chi connectivity index (χ0) is 21.4. The van der Waals surface area contributed by atoms with Crippen LogP contribution in [-0.2, 0) is 17.6 Å². The van der Waals surface area contributed by atoms with Crippen molar-refractivity contribution in [2.45, 2.75) is 77.4 Å². The van der Waals surface area contributed by atoms with Crippen molar-refractivity contribution in [3.63, 3.8) is 0 Å². The van der Waals surface area contributed by atoms with Gasteiger partial charge in [-0.2, -0.15) is 0 Å². The van der Waals surface area contributed by atoms with Crippen molar-refractivity contribution in [1.29, 1.82) is 0 Å². The molecule has 2 rings (SSSR count). The molecule has 6 heteroatoms. The summed E-state index contributed by atoms with van der Waals surface area (Å²) in [6.45, 7) is 5.73. The molecule has 3 N–H and O–H groups in total. The van der Waals surface area contributed by atoms with Gasteiger partial charge in [0.15, 0.2) is 11.3 Å². The predicted molar refractivity (Wildman–Crippen MR) is 114 cm³/mol. The molecule has 0 bridgehead atoms. The van der Waals surface area contributed by atoms with Gasteiger partial charge in [-0.3, -0.25) is 4.79 Å². The van der Waals surface area contributed by atoms with Gasteiger partial charge in [-0.25, -0.2) is 0 Å². The molecule has 1 unspecified atom stereocenters. The quantitative estimate of drug-likeness (QED) is 0.500. The van der Waals surface area contributed by atoms with Gasteiger partial charge >= 0.3 is 0 Å². The second-order valence-corrected chi connectivity index (χ2v) is 8.43. The van der Waals surface area contributed by atoms with Gasteiger partial charge in [0.25, 0.3) is 0 Å². The van der Waals surface area contributed by atoms with Crippen LogP contribution in [0.5, 0.6) is 5.75 Å². The number of carbonyl (C=O) groups excluding carboxylic acids is 1. The van der Waals surface area contributed by atoms with Crippen LogP contribution in [-0.4, -0.2) is 41.5 Å². The molecule has 1 amide bonds. The Kier molecular flexibility index (Phi) is 8.53. The minimum absolute atomic E-state index is 0.0238. The number of nitrogens with one attached hydrogen (secondary N) is 1. The molecular formula is C23H35NO5. The maximum Gasteiger partial charge on any atom is 0.220 e. The SMILES string of the molecule is COc1cc(CCC(=O)NC(C)CCCC(C)(C)O)cc2cc(CCCO)oc12. The number of aryl methyl sites for hydroxylation is 2. The first-order valence-corrected chi connectivity index (χ1v) is 10.4. The fourth-order valence-electron chi connectivity index (χ4n) is 3.42. The van der Waals surface area contributed by atoms with E-state index in [0.29, 0.717) is 37.0 Å². The van der Waals surface area contributed by atoms with Crippen molar-refractivity contribution in [2.24, 2.45) is 0 Å². The molecule has 0 aliphatic heterocycles. The molecule has 0 aliphatic carbocycles. The first-order valence-electron chi connectivity index (χ1n) is 10.4. The van der Waals surface area contributed by atoms with Gasteiger partial charge in [0.2, 0.25) is 5.91 Å². The summed E-state index contributed by atoms with van der Waals surface area (Å²) in [7, 11) is 1.61. The molecule has 1 aromatic carbocycles. The fraction of sp³-hybridized carbons (Fsp3) is 0.609. The molecular weight excluding hydrogens is 370 g/mol. The number of amides is 1. The third kappa shape index (κ3) is 7.71. The number of carbonyl (C=O) groups is 1. The first kappa shape index (κ1) is 23.2. The molecule has 1 heterocycles. The van der Waals surface area contributed by atoms with Crippen molar-refractivity contribution in [3.8, 4) is 5.75 Å². The van der Waals surface area contributed by atoms with Crippen LogP contribution in [0.15, 0.2) is 22.6 Å². The summed E-state index contributed by atoms with van der Waals surface area (Å²) in [6.07, 6.45) is 4.79. The van der Waals surface area contributed by atoms with Crippen molar-refractivity contribution >= 4 is 16.9 Å². The summed E-state index contributed by atoms with van der Waals surface area (Å²) in [6, 6.07) is 6.01. The highest BCUT2D eigenvalue weighted by molar-refractivity contribution is 5.85. The molecule has 6 nitrogen and oxygen atoms in total. The van der Waals surface area contributed by atoms with E-state index in [9.17, 15) is 9.90 Å². The van der Waals surface area contributed by atoms with E-state index in [1.54, 1.807) is 21.0 Å². The second-order valence-electron chi connectivity index (χ2n) is 8.43. The molecule has 0 aliphatic rings. The summed E-state index contributed by atoms with van der Waals surface area (Å²) >= 11 is 0. The summed E-state index contributed by atoms with van der Waals surface area (Å²) in [5.41, 5.74) is 1.06. The Bertz CT molecular complexity index is 790. The van der Waals surface area contributed by atoms with Crippen molar-refractivity contribution < 1.29 is 24.2 Å². The number of hydrogen-bond donors (Lipinski definition) is 3. The lowest BCUT2D eigenvalue weighted by molar-refractivity contribution is -0.121. The smallest absolute Gasteiger partial charge is 0.220 e. The predicted octanol–water partition coefficient (Wildman–Crippen LogP) is 3.74. The van der Waals surface area contributed by atoms with Crippen LogP contribution >= 0.6 is 0 Å². The van der Waals surface area contributed by atoms with Gasteiger partial charge < -0.3 is 24.7 Å². The Morgan fingerprint density at radius 3 is 2.66 bits per heavy atom. The highest BCUT2D eigenvalue weighted by atomic mass is 16.5. The van der Waals surface area contributed by atoms with E-state index in [4.69, 9.17) is 14.3 Å². The van der Waals surface area contributed by atoms with E-state index in [0.717, 1.165) is 36.0 Å². The lowest BCUT2D eigenvalue weighted by Gasteiger charge is -2.19. The Balaban J connectivity index is 1.91. The van der Waals surface area contributed by atoms with Crippen molar-refractivity contribution in [1.82, 2.24) is 5.32 Å². The largest absolute Gasteiger partial charge is 0.493 e. The number of methoxy groups -OCH3 is 1. The number of rotatable bonds is 12. The Labute approximate surface area is 173 Å². The van der Waals surface area contributed by atoms with Crippen LogP contribution in [0.4, 0.5) is 0 Å². The number of benzene rings is 1. The maximum atomic E-state index is 12.3. The monoisotopic (exact) mass is 405 g/mol. The number of aliphatic hydroxyl groups is 2. The Morgan fingerprint density at radius 2 is 2.00 bits per heavy atom. The minimum Gasteiger partial charge on any atom is -0.493 e. The first-order chi connectivity index (χ1) is 13.7. The fourth-order valence-corrected chi connectivity index (χ4v) is 3.42. The lowest BCUT2D eigenvalue weighted by atomic mass is 9.99. The zero-order valence-electron chi connectivity index (χ0n) is 18.1. The molecule has 0 saturated heterocycles. The summed E-state index contributed by atoms with van der Waals surface area (Å²) in [5, 5.41) is 22.8. The number of ether oxygens (including phenoxy) is 1. The zero-order valence-corrected chi connectivity index (χ0v) is 18.1. The van der Waals surface area contributed by atoms with E-state index >= 15 is 0 Å². The third-order valence-corrected chi connectivity index (χ3v) is 4.97. The average molecular weight is 406 g/mol. The average Bonchev–Trinajstić information content (AvgIpc) is 3.05. The topological polar surface area (TPSA) is 91.9 Å². The minimum atomic E-state index is -0.660. The molecule has 0 radical (unpaired) electrons. The standard InChI is InChI=1S/C23H35NO5/c1-16(7-5-11-23(2,3)27)24-21(26)10-9-17-13-18-15-19(8-6-12-25)29-22(18)20(14-17)28-4/h13-16,25,27H,5-12H2,1-4H3,(H,24,26). The summed E-state index contributed by atoms with van der Waals surface area (Å²) in [4.78, 5) is 12.3. The van der Waals surface area contributed by atoms with E-state index in [1.807, 2.05) is 25.1 Å². The normalized spacial score (nSPS) is 12.9.